The first-order valence-electron chi connectivity index (χ1n) is 6.85. The van der Waals surface area contributed by atoms with Gasteiger partial charge in [-0.1, -0.05) is 40.2 Å². The third-order valence-electron chi connectivity index (χ3n) is 3.22. The second-order valence-electron chi connectivity index (χ2n) is 4.79. The van der Waals surface area contributed by atoms with Crippen LogP contribution < -0.4 is 10.6 Å². The number of halogens is 1. The number of esters is 1. The second-order valence-corrected chi connectivity index (χ2v) is 5.71. The van der Waals surface area contributed by atoms with Crippen LogP contribution in [0.2, 0.25) is 0 Å². The molecule has 1 heterocycles. The Morgan fingerprint density at radius 2 is 2.23 bits per heavy atom. The Balaban J connectivity index is 2.34. The molecular weight excluding hydrogens is 348 g/mol. The van der Waals surface area contributed by atoms with E-state index in [0.717, 1.165) is 10.0 Å². The molecule has 1 atom stereocenters. The lowest BCUT2D eigenvalue weighted by Crippen LogP contribution is -2.45. The Bertz CT molecular complexity index is 653. The predicted octanol–water partition coefficient (Wildman–Crippen LogP) is 3.20. The van der Waals surface area contributed by atoms with E-state index in [1.807, 2.05) is 31.2 Å². The third kappa shape index (κ3) is 3.76. The van der Waals surface area contributed by atoms with Crippen LogP contribution in [0.15, 0.2) is 52.2 Å². The van der Waals surface area contributed by atoms with Gasteiger partial charge in [0.15, 0.2) is 0 Å². The molecule has 0 unspecified atom stereocenters. The maximum absolute atomic E-state index is 12.3. The van der Waals surface area contributed by atoms with Crippen LogP contribution in [0.25, 0.3) is 0 Å². The first-order valence-corrected chi connectivity index (χ1v) is 7.64. The number of hydrogen-bond donors (Lipinski definition) is 2. The highest BCUT2D eigenvalue weighted by Gasteiger charge is 2.32. The van der Waals surface area contributed by atoms with Crippen LogP contribution in [-0.2, 0) is 9.53 Å². The van der Waals surface area contributed by atoms with Gasteiger partial charge in [0, 0.05) is 10.2 Å². The molecule has 116 valence electrons. The van der Waals surface area contributed by atoms with Crippen molar-refractivity contribution < 1.29 is 14.3 Å². The van der Waals surface area contributed by atoms with E-state index >= 15 is 0 Å². The summed E-state index contributed by atoms with van der Waals surface area (Å²) in [6.45, 7) is 3.74. The molecule has 22 heavy (non-hydrogen) atoms. The summed E-state index contributed by atoms with van der Waals surface area (Å²) in [7, 11) is 0. The Labute approximate surface area is 137 Å². The van der Waals surface area contributed by atoms with E-state index in [2.05, 4.69) is 26.6 Å². The molecule has 0 saturated carbocycles. The van der Waals surface area contributed by atoms with E-state index < -0.39 is 12.0 Å². The molecule has 0 aliphatic carbocycles. The molecule has 2 N–H and O–H groups in total. The summed E-state index contributed by atoms with van der Waals surface area (Å²) in [6.07, 6.45) is 3.55. The number of carbonyl (C=O) groups is 2. The van der Waals surface area contributed by atoms with Crippen molar-refractivity contribution in [2.75, 3.05) is 6.61 Å². The molecule has 1 aliphatic heterocycles. The first-order chi connectivity index (χ1) is 10.5. The zero-order valence-corrected chi connectivity index (χ0v) is 13.9. The summed E-state index contributed by atoms with van der Waals surface area (Å²) < 4.78 is 6.10. The Kier molecular flexibility index (Phi) is 5.38. The van der Waals surface area contributed by atoms with Gasteiger partial charge < -0.3 is 15.4 Å². The Morgan fingerprint density at radius 1 is 1.45 bits per heavy atom. The molecule has 2 amide bonds. The summed E-state index contributed by atoms with van der Waals surface area (Å²) >= 11 is 3.40. The van der Waals surface area contributed by atoms with Gasteiger partial charge in [-0.3, -0.25) is 0 Å². The number of rotatable bonds is 4. The lowest BCUT2D eigenvalue weighted by atomic mass is 9.96. The smallest absolute Gasteiger partial charge is 0.338 e. The van der Waals surface area contributed by atoms with Crippen LogP contribution in [0.1, 0.15) is 25.5 Å². The number of amides is 2. The van der Waals surface area contributed by atoms with Gasteiger partial charge in [-0.25, -0.2) is 9.59 Å². The highest BCUT2D eigenvalue weighted by molar-refractivity contribution is 9.10. The number of allylic oxidation sites excluding steroid dienone is 2. The largest absolute Gasteiger partial charge is 0.458 e. The van der Waals surface area contributed by atoms with Crippen LogP contribution in [-0.4, -0.2) is 18.6 Å². The number of hydrogen-bond acceptors (Lipinski definition) is 3. The fourth-order valence-electron chi connectivity index (χ4n) is 2.20. The van der Waals surface area contributed by atoms with Crippen LogP contribution in [0.3, 0.4) is 0 Å². The normalized spacial score (nSPS) is 18.1. The quantitative estimate of drug-likeness (QED) is 0.636. The molecular formula is C16H17BrN2O3. The van der Waals surface area contributed by atoms with Crippen LogP contribution in [0, 0.1) is 0 Å². The van der Waals surface area contributed by atoms with Crippen LogP contribution in [0.5, 0.6) is 0 Å². The molecule has 0 fully saturated rings. The second kappa shape index (κ2) is 7.26. The molecule has 0 aromatic heterocycles. The highest BCUT2D eigenvalue weighted by atomic mass is 79.9. The van der Waals surface area contributed by atoms with E-state index in [1.54, 1.807) is 19.1 Å². The molecule has 1 aromatic carbocycles. The third-order valence-corrected chi connectivity index (χ3v) is 3.71. The van der Waals surface area contributed by atoms with E-state index in [9.17, 15) is 9.59 Å². The van der Waals surface area contributed by atoms with Crippen molar-refractivity contribution >= 4 is 27.9 Å². The Hall–Kier alpha value is -2.08. The minimum atomic E-state index is -0.538. The van der Waals surface area contributed by atoms with Crippen molar-refractivity contribution in [2.24, 2.45) is 0 Å². The zero-order valence-electron chi connectivity index (χ0n) is 12.4. The number of carbonyl (C=O) groups excluding carboxylic acids is 2. The van der Waals surface area contributed by atoms with Gasteiger partial charge in [-0.2, -0.15) is 0 Å². The molecule has 0 spiro atoms. The van der Waals surface area contributed by atoms with Gasteiger partial charge >= 0.3 is 12.0 Å². The van der Waals surface area contributed by atoms with Crippen molar-refractivity contribution in [3.63, 3.8) is 0 Å². The number of nitrogens with one attached hydrogen (secondary N) is 2. The van der Waals surface area contributed by atoms with Crippen molar-refractivity contribution in [3.8, 4) is 0 Å². The lowest BCUT2D eigenvalue weighted by Gasteiger charge is -2.28. The van der Waals surface area contributed by atoms with Gasteiger partial charge in [-0.05, 0) is 31.5 Å². The average Bonchev–Trinajstić information content (AvgIpc) is 2.46. The average molecular weight is 365 g/mol. The monoisotopic (exact) mass is 364 g/mol. The van der Waals surface area contributed by atoms with E-state index in [1.165, 1.54) is 0 Å². The molecule has 1 aliphatic rings. The van der Waals surface area contributed by atoms with Gasteiger partial charge in [0.1, 0.15) is 6.61 Å². The van der Waals surface area contributed by atoms with E-state index in [0.29, 0.717) is 11.3 Å². The number of urea groups is 1. The zero-order chi connectivity index (χ0) is 16.1. The molecule has 0 radical (unpaired) electrons. The SMILES string of the molecule is C/C=C/COC(=O)C1=C(C)NC(=O)N[C@@H]1c1cccc(Br)c1. The Morgan fingerprint density at radius 3 is 2.91 bits per heavy atom. The van der Waals surface area contributed by atoms with Crippen LogP contribution in [0.4, 0.5) is 4.79 Å². The van der Waals surface area contributed by atoms with Crippen molar-refractivity contribution in [2.45, 2.75) is 19.9 Å². The van der Waals surface area contributed by atoms with Crippen molar-refractivity contribution in [3.05, 3.63) is 57.7 Å². The van der Waals surface area contributed by atoms with Crippen molar-refractivity contribution in [1.82, 2.24) is 10.6 Å². The summed E-state index contributed by atoms with van der Waals surface area (Å²) in [6, 6.07) is 6.58. The molecule has 0 bridgehead atoms. The van der Waals surface area contributed by atoms with Gasteiger partial charge in [0.05, 0.1) is 11.6 Å². The molecule has 5 nitrogen and oxygen atoms in total. The standard InChI is InChI=1S/C16H17BrN2O3/c1-3-4-8-22-15(20)13-10(2)18-16(21)19-14(13)11-6-5-7-12(17)9-11/h3-7,9,14H,8H2,1-2H3,(H2,18,19,21)/b4-3+/t14-/m1/s1. The number of ether oxygens (including phenoxy) is 1. The lowest BCUT2D eigenvalue weighted by molar-refractivity contribution is -0.138. The minimum Gasteiger partial charge on any atom is -0.458 e. The maximum Gasteiger partial charge on any atom is 0.338 e. The van der Waals surface area contributed by atoms with E-state index in [-0.39, 0.29) is 12.6 Å². The van der Waals surface area contributed by atoms with E-state index in [4.69, 9.17) is 4.74 Å². The summed E-state index contributed by atoms with van der Waals surface area (Å²) in [4.78, 5) is 24.1. The van der Waals surface area contributed by atoms with Crippen molar-refractivity contribution in [1.29, 1.82) is 0 Å². The fourth-order valence-corrected chi connectivity index (χ4v) is 2.62. The van der Waals surface area contributed by atoms with Gasteiger partial charge in [-0.15, -0.1) is 0 Å². The molecule has 6 heteroatoms. The summed E-state index contributed by atoms with van der Waals surface area (Å²) in [5.41, 5.74) is 1.71. The van der Waals surface area contributed by atoms with Gasteiger partial charge in [0.2, 0.25) is 0 Å². The summed E-state index contributed by atoms with van der Waals surface area (Å²) in [5, 5.41) is 5.38. The first kappa shape index (κ1) is 16.3. The molecule has 0 saturated heterocycles. The highest BCUT2D eigenvalue weighted by Crippen LogP contribution is 2.29. The fraction of sp³-hybridized carbons (Fsp3) is 0.250. The molecule has 2 rings (SSSR count). The minimum absolute atomic E-state index is 0.200. The van der Waals surface area contributed by atoms with Crippen LogP contribution >= 0.6 is 15.9 Å². The number of benzene rings is 1. The van der Waals surface area contributed by atoms with Gasteiger partial charge in [0.25, 0.3) is 0 Å². The molecule has 1 aromatic rings. The maximum atomic E-state index is 12.3. The summed E-state index contributed by atoms with van der Waals surface area (Å²) in [5.74, 6) is -0.451. The topological polar surface area (TPSA) is 67.4 Å². The predicted molar refractivity (Wildman–Crippen MR) is 87.0 cm³/mol.